The molecule has 1 atom stereocenters. The van der Waals surface area contributed by atoms with Crippen molar-refractivity contribution in [2.45, 2.75) is 25.9 Å². The highest BCUT2D eigenvalue weighted by atomic mass is 19.1. The van der Waals surface area contributed by atoms with Crippen LogP contribution in [0.5, 0.6) is 11.6 Å². The second-order valence-corrected chi connectivity index (χ2v) is 6.02. The summed E-state index contributed by atoms with van der Waals surface area (Å²) in [7, 11) is 2.08. The van der Waals surface area contributed by atoms with Crippen LogP contribution in [0.2, 0.25) is 0 Å². The molecule has 2 aromatic rings. The van der Waals surface area contributed by atoms with Gasteiger partial charge in [-0.2, -0.15) is 0 Å². The van der Waals surface area contributed by atoms with E-state index >= 15 is 0 Å². The van der Waals surface area contributed by atoms with Gasteiger partial charge in [-0.3, -0.25) is 0 Å². The molecule has 0 saturated carbocycles. The summed E-state index contributed by atoms with van der Waals surface area (Å²) in [6, 6.07) is 5.66. The Labute approximate surface area is 134 Å². The Morgan fingerprint density at radius 1 is 1.30 bits per heavy atom. The van der Waals surface area contributed by atoms with Gasteiger partial charge in [-0.15, -0.1) is 10.2 Å². The summed E-state index contributed by atoms with van der Waals surface area (Å²) in [4.78, 5) is 2.24. The van der Waals surface area contributed by atoms with Crippen molar-refractivity contribution in [1.82, 2.24) is 15.1 Å². The van der Waals surface area contributed by atoms with Crippen molar-refractivity contribution in [3.63, 3.8) is 0 Å². The number of piperidine rings is 1. The minimum atomic E-state index is -0.488. The summed E-state index contributed by atoms with van der Waals surface area (Å²) < 4.78 is 19.0. The molecular formula is C17H20FN3O2. The maximum atomic E-state index is 13.1. The van der Waals surface area contributed by atoms with E-state index in [1.54, 1.807) is 6.07 Å². The standard InChI is InChI=1S/C17H20FN3O2/c1-11-8-16(23-13-4-3-7-21(2)10-13)19-20-17(11)14-6-5-12(18)9-15(14)22/h5-6,8-9,13,22H,3-4,7,10H2,1-2H3/t13-/m1/s1. The van der Waals surface area contributed by atoms with Crippen molar-refractivity contribution >= 4 is 0 Å². The van der Waals surface area contributed by atoms with Crippen molar-refractivity contribution < 1.29 is 14.2 Å². The molecular weight excluding hydrogens is 297 g/mol. The number of phenols is 1. The first-order chi connectivity index (χ1) is 11.0. The molecule has 23 heavy (non-hydrogen) atoms. The van der Waals surface area contributed by atoms with E-state index in [0.717, 1.165) is 37.6 Å². The number of likely N-dealkylation sites (tertiary alicyclic amines) is 1. The third-order valence-corrected chi connectivity index (χ3v) is 4.05. The monoisotopic (exact) mass is 317 g/mol. The summed E-state index contributed by atoms with van der Waals surface area (Å²) in [6.07, 6.45) is 2.23. The van der Waals surface area contributed by atoms with E-state index in [-0.39, 0.29) is 11.9 Å². The lowest BCUT2D eigenvalue weighted by Gasteiger charge is -2.29. The van der Waals surface area contributed by atoms with E-state index in [1.165, 1.54) is 12.1 Å². The van der Waals surface area contributed by atoms with E-state index in [0.29, 0.717) is 17.1 Å². The topological polar surface area (TPSA) is 58.5 Å². The number of aromatic nitrogens is 2. The van der Waals surface area contributed by atoms with Crippen LogP contribution in [0.3, 0.4) is 0 Å². The molecule has 2 heterocycles. The van der Waals surface area contributed by atoms with Crippen molar-refractivity contribution in [3.05, 3.63) is 35.6 Å². The van der Waals surface area contributed by atoms with E-state index in [1.807, 2.05) is 6.92 Å². The van der Waals surface area contributed by atoms with Gasteiger partial charge in [-0.05, 0) is 51.1 Å². The van der Waals surface area contributed by atoms with Gasteiger partial charge in [0, 0.05) is 24.2 Å². The first kappa shape index (κ1) is 15.7. The molecule has 1 aromatic carbocycles. The van der Waals surface area contributed by atoms with Crippen LogP contribution < -0.4 is 4.74 Å². The Bertz CT molecular complexity index is 708. The fraction of sp³-hybridized carbons (Fsp3) is 0.412. The van der Waals surface area contributed by atoms with Crippen LogP contribution in [0, 0.1) is 12.7 Å². The van der Waals surface area contributed by atoms with Gasteiger partial charge in [-0.25, -0.2) is 4.39 Å². The molecule has 1 aromatic heterocycles. The highest BCUT2D eigenvalue weighted by Gasteiger charge is 2.20. The second kappa shape index (κ2) is 6.50. The van der Waals surface area contributed by atoms with Crippen molar-refractivity contribution in [2.24, 2.45) is 0 Å². The predicted octanol–water partition coefficient (Wildman–Crippen LogP) is 2.77. The SMILES string of the molecule is Cc1cc(O[C@@H]2CCCN(C)C2)nnc1-c1ccc(F)cc1O. The molecule has 0 bridgehead atoms. The van der Waals surface area contributed by atoms with Crippen molar-refractivity contribution in [2.75, 3.05) is 20.1 Å². The number of phenolic OH excluding ortho intramolecular Hbond substituents is 1. The number of aryl methyl sites for hydroxylation is 1. The molecule has 1 N–H and O–H groups in total. The largest absolute Gasteiger partial charge is 0.507 e. The molecule has 0 unspecified atom stereocenters. The third kappa shape index (κ3) is 3.59. The van der Waals surface area contributed by atoms with Gasteiger partial charge < -0.3 is 14.7 Å². The third-order valence-electron chi connectivity index (χ3n) is 4.05. The first-order valence-electron chi connectivity index (χ1n) is 7.71. The molecule has 3 rings (SSSR count). The molecule has 0 spiro atoms. The van der Waals surface area contributed by atoms with Crippen LogP contribution in [-0.2, 0) is 0 Å². The maximum absolute atomic E-state index is 13.1. The maximum Gasteiger partial charge on any atom is 0.233 e. The fourth-order valence-corrected chi connectivity index (χ4v) is 2.88. The smallest absolute Gasteiger partial charge is 0.233 e. The number of rotatable bonds is 3. The zero-order chi connectivity index (χ0) is 16.4. The lowest BCUT2D eigenvalue weighted by Crippen LogP contribution is -2.38. The fourth-order valence-electron chi connectivity index (χ4n) is 2.88. The Morgan fingerprint density at radius 3 is 2.83 bits per heavy atom. The number of benzene rings is 1. The number of hydrogen-bond acceptors (Lipinski definition) is 5. The summed E-state index contributed by atoms with van der Waals surface area (Å²) >= 11 is 0. The Morgan fingerprint density at radius 2 is 2.13 bits per heavy atom. The molecule has 0 aliphatic carbocycles. The number of halogens is 1. The molecule has 0 amide bonds. The average Bonchev–Trinajstić information content (AvgIpc) is 2.48. The van der Waals surface area contributed by atoms with E-state index in [9.17, 15) is 9.50 Å². The normalized spacial score (nSPS) is 18.8. The van der Waals surface area contributed by atoms with Gasteiger partial charge in [-0.1, -0.05) is 0 Å². The van der Waals surface area contributed by atoms with Crippen molar-refractivity contribution in [3.8, 4) is 22.9 Å². The van der Waals surface area contributed by atoms with Gasteiger partial charge in [0.25, 0.3) is 0 Å². The summed E-state index contributed by atoms with van der Waals surface area (Å²) in [5.41, 5.74) is 1.80. The first-order valence-corrected chi connectivity index (χ1v) is 7.71. The molecule has 1 fully saturated rings. The molecule has 1 aliphatic heterocycles. The lowest BCUT2D eigenvalue weighted by molar-refractivity contribution is 0.0990. The summed E-state index contributed by atoms with van der Waals surface area (Å²) in [5, 5.41) is 18.1. The van der Waals surface area contributed by atoms with E-state index < -0.39 is 5.82 Å². The Balaban J connectivity index is 1.80. The number of hydrogen-bond donors (Lipinski definition) is 1. The van der Waals surface area contributed by atoms with Gasteiger partial charge in [0.15, 0.2) is 0 Å². The minimum absolute atomic E-state index is 0.118. The van der Waals surface area contributed by atoms with Crippen LogP contribution in [0.4, 0.5) is 4.39 Å². The predicted molar refractivity (Wildman–Crippen MR) is 85.0 cm³/mol. The number of aromatic hydroxyl groups is 1. The number of nitrogens with zero attached hydrogens (tertiary/aromatic N) is 3. The molecule has 1 saturated heterocycles. The highest BCUT2D eigenvalue weighted by molar-refractivity contribution is 5.69. The van der Waals surface area contributed by atoms with Gasteiger partial charge in [0.2, 0.25) is 5.88 Å². The molecule has 0 radical (unpaired) electrons. The number of likely N-dealkylation sites (N-methyl/N-ethyl adjacent to an activating group) is 1. The highest BCUT2D eigenvalue weighted by Crippen LogP contribution is 2.31. The van der Waals surface area contributed by atoms with Crippen LogP contribution in [0.25, 0.3) is 11.3 Å². The Kier molecular flexibility index (Phi) is 4.43. The molecule has 6 heteroatoms. The van der Waals surface area contributed by atoms with Crippen LogP contribution in [0.15, 0.2) is 24.3 Å². The van der Waals surface area contributed by atoms with E-state index in [2.05, 4.69) is 22.1 Å². The minimum Gasteiger partial charge on any atom is -0.507 e. The van der Waals surface area contributed by atoms with Gasteiger partial charge in [0.05, 0.1) is 5.69 Å². The van der Waals surface area contributed by atoms with Crippen LogP contribution in [-0.4, -0.2) is 46.4 Å². The second-order valence-electron chi connectivity index (χ2n) is 6.02. The van der Waals surface area contributed by atoms with Gasteiger partial charge >= 0.3 is 0 Å². The molecule has 5 nitrogen and oxygen atoms in total. The number of ether oxygens (including phenoxy) is 1. The summed E-state index contributed by atoms with van der Waals surface area (Å²) in [6.45, 7) is 3.83. The van der Waals surface area contributed by atoms with E-state index in [4.69, 9.17) is 4.74 Å². The quantitative estimate of drug-likeness (QED) is 0.943. The Hall–Kier alpha value is -2.21. The van der Waals surface area contributed by atoms with Gasteiger partial charge in [0.1, 0.15) is 17.7 Å². The molecule has 122 valence electrons. The zero-order valence-electron chi connectivity index (χ0n) is 13.3. The van der Waals surface area contributed by atoms with Crippen molar-refractivity contribution in [1.29, 1.82) is 0 Å². The lowest BCUT2D eigenvalue weighted by atomic mass is 10.1. The average molecular weight is 317 g/mol. The van der Waals surface area contributed by atoms with Crippen LogP contribution >= 0.6 is 0 Å². The summed E-state index contributed by atoms with van der Waals surface area (Å²) in [5.74, 6) is -0.156. The zero-order valence-corrected chi connectivity index (χ0v) is 13.3. The van der Waals surface area contributed by atoms with Crippen LogP contribution in [0.1, 0.15) is 18.4 Å². The molecule has 1 aliphatic rings.